The van der Waals surface area contributed by atoms with Gasteiger partial charge in [-0.2, -0.15) is 0 Å². The largest absolute Gasteiger partial charge is 0.383 e. The van der Waals surface area contributed by atoms with Crippen molar-refractivity contribution in [2.24, 2.45) is 5.92 Å². The zero-order valence-electron chi connectivity index (χ0n) is 11.4. The van der Waals surface area contributed by atoms with E-state index in [2.05, 4.69) is 40.5 Å². The standard InChI is InChI=1S/C15H24N2O/c1-16-10-13-8-9-17(11-13)15(12-18-2)14-6-4-3-5-7-14/h3-7,13,15-16H,8-12H2,1-2H3. The summed E-state index contributed by atoms with van der Waals surface area (Å²) >= 11 is 0. The monoisotopic (exact) mass is 248 g/mol. The third-order valence-electron chi connectivity index (χ3n) is 3.76. The van der Waals surface area contributed by atoms with Gasteiger partial charge in [-0.05, 0) is 38.0 Å². The molecular weight excluding hydrogens is 224 g/mol. The first-order valence-electron chi connectivity index (χ1n) is 6.77. The highest BCUT2D eigenvalue weighted by molar-refractivity contribution is 5.19. The smallest absolute Gasteiger partial charge is 0.0659 e. The molecular formula is C15H24N2O. The van der Waals surface area contributed by atoms with Crippen molar-refractivity contribution in [3.63, 3.8) is 0 Å². The number of hydrogen-bond acceptors (Lipinski definition) is 3. The highest BCUT2D eigenvalue weighted by atomic mass is 16.5. The lowest BCUT2D eigenvalue weighted by atomic mass is 10.1. The predicted molar refractivity (Wildman–Crippen MR) is 74.7 cm³/mol. The fourth-order valence-electron chi connectivity index (χ4n) is 2.85. The van der Waals surface area contributed by atoms with Crippen LogP contribution in [-0.4, -0.2) is 45.3 Å². The molecule has 0 radical (unpaired) electrons. The number of methoxy groups -OCH3 is 1. The molecule has 1 aliphatic heterocycles. The summed E-state index contributed by atoms with van der Waals surface area (Å²) in [4.78, 5) is 2.56. The molecule has 2 unspecified atom stereocenters. The van der Waals surface area contributed by atoms with Crippen molar-refractivity contribution in [2.45, 2.75) is 12.5 Å². The molecule has 0 saturated carbocycles. The van der Waals surface area contributed by atoms with Crippen molar-refractivity contribution in [3.8, 4) is 0 Å². The predicted octanol–water partition coefficient (Wildman–Crippen LogP) is 1.92. The van der Waals surface area contributed by atoms with Gasteiger partial charge in [0.25, 0.3) is 0 Å². The van der Waals surface area contributed by atoms with Crippen LogP contribution in [0.1, 0.15) is 18.0 Å². The molecule has 1 aromatic carbocycles. The molecule has 0 aliphatic carbocycles. The third kappa shape index (κ3) is 3.31. The molecule has 2 rings (SSSR count). The molecule has 100 valence electrons. The lowest BCUT2D eigenvalue weighted by Gasteiger charge is -2.27. The Bertz CT molecular complexity index is 342. The van der Waals surface area contributed by atoms with Gasteiger partial charge in [-0.1, -0.05) is 30.3 Å². The van der Waals surface area contributed by atoms with Crippen molar-refractivity contribution >= 4 is 0 Å². The van der Waals surface area contributed by atoms with E-state index in [0.717, 1.165) is 19.1 Å². The van der Waals surface area contributed by atoms with Crippen molar-refractivity contribution in [3.05, 3.63) is 35.9 Å². The summed E-state index contributed by atoms with van der Waals surface area (Å²) in [5, 5.41) is 3.28. The highest BCUT2D eigenvalue weighted by Gasteiger charge is 2.28. The first-order chi connectivity index (χ1) is 8.85. The van der Waals surface area contributed by atoms with Crippen LogP contribution in [0.4, 0.5) is 0 Å². The number of rotatable bonds is 6. The maximum Gasteiger partial charge on any atom is 0.0659 e. The molecule has 1 fully saturated rings. The number of benzene rings is 1. The molecule has 3 heteroatoms. The van der Waals surface area contributed by atoms with Gasteiger partial charge in [-0.25, -0.2) is 0 Å². The number of ether oxygens (including phenoxy) is 1. The lowest BCUT2D eigenvalue weighted by Crippen LogP contribution is -2.31. The van der Waals surface area contributed by atoms with E-state index in [1.165, 1.54) is 25.1 Å². The van der Waals surface area contributed by atoms with Gasteiger partial charge in [0, 0.05) is 13.7 Å². The minimum atomic E-state index is 0.401. The Morgan fingerprint density at radius 1 is 1.39 bits per heavy atom. The van der Waals surface area contributed by atoms with Gasteiger partial charge in [0.15, 0.2) is 0 Å². The maximum atomic E-state index is 5.41. The van der Waals surface area contributed by atoms with Crippen LogP contribution < -0.4 is 5.32 Å². The van der Waals surface area contributed by atoms with Gasteiger partial charge in [0.1, 0.15) is 0 Å². The SMILES string of the molecule is CNCC1CCN(C(COC)c2ccccc2)C1. The summed E-state index contributed by atoms with van der Waals surface area (Å²) in [6.45, 7) is 4.24. The Morgan fingerprint density at radius 2 is 2.17 bits per heavy atom. The van der Waals surface area contributed by atoms with Crippen molar-refractivity contribution in [1.29, 1.82) is 0 Å². The van der Waals surface area contributed by atoms with E-state index < -0.39 is 0 Å². The summed E-state index contributed by atoms with van der Waals surface area (Å²) in [6.07, 6.45) is 1.29. The lowest BCUT2D eigenvalue weighted by molar-refractivity contribution is 0.103. The van der Waals surface area contributed by atoms with Gasteiger partial charge >= 0.3 is 0 Å². The summed E-state index contributed by atoms with van der Waals surface area (Å²) in [5.41, 5.74) is 1.37. The average molecular weight is 248 g/mol. The van der Waals surface area contributed by atoms with Crippen molar-refractivity contribution in [2.75, 3.05) is 40.4 Å². The first-order valence-corrected chi connectivity index (χ1v) is 6.77. The molecule has 0 aromatic heterocycles. The minimum absolute atomic E-state index is 0.401. The molecule has 1 aliphatic rings. The molecule has 18 heavy (non-hydrogen) atoms. The van der Waals surface area contributed by atoms with Gasteiger partial charge in [-0.15, -0.1) is 0 Å². The second-order valence-corrected chi connectivity index (χ2v) is 5.09. The zero-order chi connectivity index (χ0) is 12.8. The van der Waals surface area contributed by atoms with Crippen molar-refractivity contribution in [1.82, 2.24) is 10.2 Å². The van der Waals surface area contributed by atoms with E-state index in [1.54, 1.807) is 7.11 Å². The van der Waals surface area contributed by atoms with Gasteiger partial charge in [0.05, 0.1) is 12.6 Å². The Labute approximate surface area is 110 Å². The van der Waals surface area contributed by atoms with Crippen LogP contribution in [0.2, 0.25) is 0 Å². The molecule has 0 amide bonds. The second-order valence-electron chi connectivity index (χ2n) is 5.09. The van der Waals surface area contributed by atoms with E-state index in [0.29, 0.717) is 6.04 Å². The maximum absolute atomic E-state index is 5.41. The fraction of sp³-hybridized carbons (Fsp3) is 0.600. The van der Waals surface area contributed by atoms with E-state index in [-0.39, 0.29) is 0 Å². The zero-order valence-corrected chi connectivity index (χ0v) is 11.4. The number of likely N-dealkylation sites (tertiary alicyclic amines) is 1. The van der Waals surface area contributed by atoms with Crippen LogP contribution in [0.15, 0.2) is 30.3 Å². The third-order valence-corrected chi connectivity index (χ3v) is 3.76. The summed E-state index contributed by atoms with van der Waals surface area (Å²) in [7, 11) is 3.82. The van der Waals surface area contributed by atoms with Gasteiger partial charge in [-0.3, -0.25) is 4.90 Å². The summed E-state index contributed by atoms with van der Waals surface area (Å²) in [5.74, 6) is 0.776. The fourth-order valence-corrected chi connectivity index (χ4v) is 2.85. The molecule has 1 N–H and O–H groups in total. The second kappa shape index (κ2) is 6.88. The minimum Gasteiger partial charge on any atom is -0.383 e. The highest BCUT2D eigenvalue weighted by Crippen LogP contribution is 2.27. The van der Waals surface area contributed by atoms with E-state index in [1.807, 2.05) is 7.05 Å². The summed E-state index contributed by atoms with van der Waals surface area (Å²) < 4.78 is 5.41. The molecule has 1 aromatic rings. The van der Waals surface area contributed by atoms with Crippen LogP contribution in [0, 0.1) is 5.92 Å². The normalized spacial score (nSPS) is 22.2. The molecule has 1 saturated heterocycles. The molecule has 0 bridgehead atoms. The van der Waals surface area contributed by atoms with Crippen LogP contribution in [0.25, 0.3) is 0 Å². The molecule has 3 nitrogen and oxygen atoms in total. The van der Waals surface area contributed by atoms with E-state index in [9.17, 15) is 0 Å². The Hall–Kier alpha value is -0.900. The quantitative estimate of drug-likeness (QED) is 0.832. The first kappa shape index (κ1) is 13.5. The van der Waals surface area contributed by atoms with Crippen LogP contribution >= 0.6 is 0 Å². The molecule has 2 atom stereocenters. The Kier molecular flexibility index (Phi) is 5.17. The van der Waals surface area contributed by atoms with Gasteiger partial charge in [0.2, 0.25) is 0 Å². The van der Waals surface area contributed by atoms with Crippen LogP contribution in [0.3, 0.4) is 0 Å². The average Bonchev–Trinajstić information content (AvgIpc) is 2.86. The molecule has 1 heterocycles. The Morgan fingerprint density at radius 3 is 2.83 bits per heavy atom. The number of nitrogens with one attached hydrogen (secondary N) is 1. The van der Waals surface area contributed by atoms with Crippen molar-refractivity contribution < 1.29 is 4.74 Å². The Balaban J connectivity index is 2.03. The van der Waals surface area contributed by atoms with E-state index >= 15 is 0 Å². The molecule has 0 spiro atoms. The number of hydrogen-bond donors (Lipinski definition) is 1. The van der Waals surface area contributed by atoms with Gasteiger partial charge < -0.3 is 10.1 Å². The summed E-state index contributed by atoms with van der Waals surface area (Å²) in [6, 6.07) is 11.1. The topological polar surface area (TPSA) is 24.5 Å². The van der Waals surface area contributed by atoms with E-state index in [4.69, 9.17) is 4.74 Å². The van der Waals surface area contributed by atoms with Crippen LogP contribution in [-0.2, 0) is 4.74 Å². The number of nitrogens with zero attached hydrogens (tertiary/aromatic N) is 1. The van der Waals surface area contributed by atoms with Crippen LogP contribution in [0.5, 0.6) is 0 Å².